The van der Waals surface area contributed by atoms with Crippen molar-refractivity contribution in [3.8, 4) is 17.6 Å². The Balaban J connectivity index is 2.90. The first-order chi connectivity index (χ1) is 8.62. The van der Waals surface area contributed by atoms with Crippen molar-refractivity contribution in [2.75, 3.05) is 27.8 Å². The molecule has 0 aliphatic rings. The van der Waals surface area contributed by atoms with Crippen LogP contribution in [-0.2, 0) is 6.54 Å². The summed E-state index contributed by atoms with van der Waals surface area (Å²) in [6.07, 6.45) is 0.536. The summed E-state index contributed by atoms with van der Waals surface area (Å²) in [7, 11) is 5.31. The Morgan fingerprint density at radius 1 is 1.28 bits per heavy atom. The van der Waals surface area contributed by atoms with E-state index in [1.54, 1.807) is 14.2 Å². The molecular weight excluding hydrogens is 228 g/mol. The van der Waals surface area contributed by atoms with Crippen molar-refractivity contribution in [1.29, 1.82) is 5.26 Å². The highest BCUT2D eigenvalue weighted by atomic mass is 16.5. The van der Waals surface area contributed by atoms with Gasteiger partial charge in [0.05, 0.1) is 20.3 Å². The SMILES string of the molecule is COc1cc(C)c(CN(C)CCC#N)c(OC)c1. The topological polar surface area (TPSA) is 45.5 Å². The molecule has 4 heteroatoms. The van der Waals surface area contributed by atoms with Crippen molar-refractivity contribution in [2.45, 2.75) is 19.9 Å². The lowest BCUT2D eigenvalue weighted by Gasteiger charge is -2.19. The summed E-state index contributed by atoms with van der Waals surface area (Å²) in [5.41, 5.74) is 2.27. The van der Waals surface area contributed by atoms with E-state index in [2.05, 4.69) is 11.0 Å². The van der Waals surface area contributed by atoms with Gasteiger partial charge in [-0.25, -0.2) is 0 Å². The van der Waals surface area contributed by atoms with Gasteiger partial charge in [-0.15, -0.1) is 0 Å². The Morgan fingerprint density at radius 2 is 2.00 bits per heavy atom. The van der Waals surface area contributed by atoms with Gasteiger partial charge in [-0.3, -0.25) is 0 Å². The fourth-order valence-electron chi connectivity index (χ4n) is 1.85. The van der Waals surface area contributed by atoms with Crippen LogP contribution in [0.1, 0.15) is 17.5 Å². The first-order valence-corrected chi connectivity index (χ1v) is 5.89. The minimum atomic E-state index is 0.536. The van der Waals surface area contributed by atoms with Crippen molar-refractivity contribution < 1.29 is 9.47 Å². The predicted molar refractivity (Wildman–Crippen MR) is 70.8 cm³/mol. The van der Waals surface area contributed by atoms with Crippen LogP contribution in [0.15, 0.2) is 12.1 Å². The summed E-state index contributed by atoms with van der Waals surface area (Å²) in [6.45, 7) is 3.56. The highest BCUT2D eigenvalue weighted by Gasteiger charge is 2.11. The zero-order valence-electron chi connectivity index (χ0n) is 11.5. The largest absolute Gasteiger partial charge is 0.497 e. The van der Waals surface area contributed by atoms with Crippen LogP contribution in [0.4, 0.5) is 0 Å². The van der Waals surface area contributed by atoms with Crippen LogP contribution >= 0.6 is 0 Å². The summed E-state index contributed by atoms with van der Waals surface area (Å²) in [5, 5.41) is 8.59. The van der Waals surface area contributed by atoms with Crippen LogP contribution < -0.4 is 9.47 Å². The Morgan fingerprint density at radius 3 is 2.56 bits per heavy atom. The molecule has 0 atom stereocenters. The molecule has 0 radical (unpaired) electrons. The number of nitriles is 1. The molecule has 98 valence electrons. The van der Waals surface area contributed by atoms with Crippen molar-refractivity contribution >= 4 is 0 Å². The van der Waals surface area contributed by atoms with Crippen LogP contribution in [-0.4, -0.2) is 32.7 Å². The first kappa shape index (κ1) is 14.3. The Kier molecular flexibility index (Phi) is 5.47. The zero-order valence-corrected chi connectivity index (χ0v) is 11.5. The molecule has 0 saturated carbocycles. The van der Waals surface area contributed by atoms with Gasteiger partial charge in [0, 0.05) is 31.1 Å². The number of hydrogen-bond acceptors (Lipinski definition) is 4. The number of aryl methyl sites for hydroxylation is 1. The Hall–Kier alpha value is -1.73. The van der Waals surface area contributed by atoms with Gasteiger partial charge < -0.3 is 14.4 Å². The number of ether oxygens (including phenoxy) is 2. The molecule has 18 heavy (non-hydrogen) atoms. The van der Waals surface area contributed by atoms with Crippen molar-refractivity contribution in [3.05, 3.63) is 23.3 Å². The minimum absolute atomic E-state index is 0.536. The molecule has 0 N–H and O–H groups in total. The molecule has 0 aromatic heterocycles. The molecule has 0 aliphatic heterocycles. The molecule has 0 spiro atoms. The maximum Gasteiger partial charge on any atom is 0.127 e. The fourth-order valence-corrected chi connectivity index (χ4v) is 1.85. The van der Waals surface area contributed by atoms with Crippen LogP contribution in [0, 0.1) is 18.3 Å². The van der Waals surface area contributed by atoms with Crippen molar-refractivity contribution in [3.63, 3.8) is 0 Å². The lowest BCUT2D eigenvalue weighted by molar-refractivity contribution is 0.322. The van der Waals surface area contributed by atoms with Crippen LogP contribution in [0.2, 0.25) is 0 Å². The molecule has 1 rings (SSSR count). The Labute approximate surface area is 109 Å². The molecule has 0 amide bonds. The third-order valence-electron chi connectivity index (χ3n) is 2.89. The lowest BCUT2D eigenvalue weighted by atomic mass is 10.1. The van der Waals surface area contributed by atoms with E-state index in [1.165, 1.54) is 0 Å². The van der Waals surface area contributed by atoms with E-state index in [1.807, 2.05) is 26.1 Å². The molecule has 0 fully saturated rings. The van der Waals surface area contributed by atoms with Gasteiger partial charge in [0.25, 0.3) is 0 Å². The second-order valence-electron chi connectivity index (χ2n) is 4.27. The van der Waals surface area contributed by atoms with Gasteiger partial charge in [-0.2, -0.15) is 5.26 Å². The van der Waals surface area contributed by atoms with Crippen LogP contribution in [0.3, 0.4) is 0 Å². The quantitative estimate of drug-likeness (QED) is 0.775. The number of methoxy groups -OCH3 is 2. The van der Waals surface area contributed by atoms with Crippen molar-refractivity contribution in [2.24, 2.45) is 0 Å². The second-order valence-corrected chi connectivity index (χ2v) is 4.27. The smallest absolute Gasteiger partial charge is 0.127 e. The van der Waals surface area contributed by atoms with E-state index < -0.39 is 0 Å². The number of hydrogen-bond donors (Lipinski definition) is 0. The monoisotopic (exact) mass is 248 g/mol. The molecule has 1 aromatic rings. The average Bonchev–Trinajstić information content (AvgIpc) is 2.38. The van der Waals surface area contributed by atoms with Gasteiger partial charge in [0.15, 0.2) is 0 Å². The van der Waals surface area contributed by atoms with E-state index in [4.69, 9.17) is 14.7 Å². The summed E-state index contributed by atoms with van der Waals surface area (Å²) in [4.78, 5) is 2.11. The number of benzene rings is 1. The second kappa shape index (κ2) is 6.87. The fraction of sp³-hybridized carbons (Fsp3) is 0.500. The van der Waals surface area contributed by atoms with E-state index in [9.17, 15) is 0 Å². The molecular formula is C14H20N2O2. The molecule has 1 aromatic carbocycles. The zero-order chi connectivity index (χ0) is 13.5. The summed E-state index contributed by atoms with van der Waals surface area (Å²) in [6, 6.07) is 6.04. The highest BCUT2D eigenvalue weighted by molar-refractivity contribution is 5.46. The van der Waals surface area contributed by atoms with E-state index >= 15 is 0 Å². The molecule has 0 aliphatic carbocycles. The van der Waals surface area contributed by atoms with E-state index in [-0.39, 0.29) is 0 Å². The van der Waals surface area contributed by atoms with Gasteiger partial charge in [0.1, 0.15) is 11.5 Å². The highest BCUT2D eigenvalue weighted by Crippen LogP contribution is 2.29. The summed E-state index contributed by atoms with van der Waals surface area (Å²) in [5.74, 6) is 1.63. The van der Waals surface area contributed by atoms with Gasteiger partial charge >= 0.3 is 0 Å². The van der Waals surface area contributed by atoms with Gasteiger partial charge in [-0.05, 0) is 25.6 Å². The Bertz CT molecular complexity index is 438. The van der Waals surface area contributed by atoms with Crippen molar-refractivity contribution in [1.82, 2.24) is 4.90 Å². The van der Waals surface area contributed by atoms with Crippen LogP contribution in [0.5, 0.6) is 11.5 Å². The molecule has 0 heterocycles. The summed E-state index contributed by atoms with van der Waals surface area (Å²) < 4.78 is 10.6. The minimum Gasteiger partial charge on any atom is -0.497 e. The average molecular weight is 248 g/mol. The lowest BCUT2D eigenvalue weighted by Crippen LogP contribution is -2.19. The summed E-state index contributed by atoms with van der Waals surface area (Å²) >= 11 is 0. The normalized spacial score (nSPS) is 10.2. The van der Waals surface area contributed by atoms with Gasteiger partial charge in [0.2, 0.25) is 0 Å². The van der Waals surface area contributed by atoms with E-state index in [0.717, 1.165) is 35.7 Å². The predicted octanol–water partition coefficient (Wildman–Crippen LogP) is 2.36. The third-order valence-corrected chi connectivity index (χ3v) is 2.89. The number of nitrogens with zero attached hydrogens (tertiary/aromatic N) is 2. The standard InChI is InChI=1S/C14H20N2O2/c1-11-8-12(17-3)9-14(18-4)13(11)10-16(2)7-5-6-15/h8-9H,5,7,10H2,1-4H3. The maximum atomic E-state index is 8.59. The van der Waals surface area contributed by atoms with E-state index in [0.29, 0.717) is 6.42 Å². The molecule has 0 unspecified atom stereocenters. The molecule has 0 saturated heterocycles. The van der Waals surface area contributed by atoms with Crippen LogP contribution in [0.25, 0.3) is 0 Å². The third kappa shape index (κ3) is 3.64. The molecule has 0 bridgehead atoms. The number of rotatable bonds is 6. The maximum absolute atomic E-state index is 8.59. The molecule has 4 nitrogen and oxygen atoms in total. The first-order valence-electron chi connectivity index (χ1n) is 5.89. The van der Waals surface area contributed by atoms with Gasteiger partial charge in [-0.1, -0.05) is 0 Å².